The Kier molecular flexibility index (Phi) is 5.32. The second-order valence-electron chi connectivity index (χ2n) is 4.32. The van der Waals surface area contributed by atoms with E-state index < -0.39 is 12.0 Å². The van der Waals surface area contributed by atoms with Gasteiger partial charge in [0.05, 0.1) is 12.2 Å². The molecule has 2 aromatic rings. The number of amides is 1. The van der Waals surface area contributed by atoms with E-state index in [1.165, 1.54) is 12.3 Å². The smallest absolute Gasteiger partial charge is 0.408 e. The monoisotopic (exact) mass is 299 g/mol. The van der Waals surface area contributed by atoms with Crippen LogP contribution in [0.1, 0.15) is 11.1 Å². The number of ether oxygens (including phenoxy) is 1. The average Bonchev–Trinajstić information content (AvgIpc) is 2.54. The van der Waals surface area contributed by atoms with Crippen molar-refractivity contribution in [3.63, 3.8) is 0 Å². The fourth-order valence-electron chi connectivity index (χ4n) is 1.57. The summed E-state index contributed by atoms with van der Waals surface area (Å²) in [7, 11) is 0. The molecular weight excluding hydrogens is 285 g/mol. The summed E-state index contributed by atoms with van der Waals surface area (Å²) in [6, 6.07) is 10.7. The number of aromatic nitrogens is 1. The summed E-state index contributed by atoms with van der Waals surface area (Å²) in [6.45, 7) is 0.295. The van der Waals surface area contributed by atoms with Gasteiger partial charge in [0.15, 0.2) is 0 Å². The van der Waals surface area contributed by atoms with Gasteiger partial charge in [-0.15, -0.1) is 0 Å². The van der Waals surface area contributed by atoms with Gasteiger partial charge in [-0.25, -0.2) is 9.78 Å². The fraction of sp³-hybridized carbons (Fsp3) is 0.125. The van der Waals surface area contributed by atoms with Crippen molar-refractivity contribution in [3.05, 3.63) is 59.7 Å². The molecule has 0 spiro atoms. The molecule has 0 bridgehead atoms. The van der Waals surface area contributed by atoms with Crippen molar-refractivity contribution in [2.24, 2.45) is 0 Å². The summed E-state index contributed by atoms with van der Waals surface area (Å²) in [4.78, 5) is 14.9. The topological polar surface area (TPSA) is 77.2 Å². The third kappa shape index (κ3) is 4.80. The van der Waals surface area contributed by atoms with E-state index in [1.54, 1.807) is 0 Å². The van der Waals surface area contributed by atoms with Gasteiger partial charge in [0, 0.05) is 11.8 Å². The Bertz CT molecular complexity index is 708. The maximum atomic E-state index is 12.9. The number of halogens is 1. The Morgan fingerprint density at radius 1 is 1.36 bits per heavy atom. The minimum absolute atomic E-state index is 0.0676. The molecule has 3 N–H and O–H groups in total. The zero-order valence-electron chi connectivity index (χ0n) is 11.7. The van der Waals surface area contributed by atoms with Crippen LogP contribution in [0.4, 0.5) is 14.9 Å². The highest BCUT2D eigenvalue weighted by molar-refractivity contribution is 5.67. The van der Waals surface area contributed by atoms with Crippen molar-refractivity contribution in [1.82, 2.24) is 10.3 Å². The first-order valence-electron chi connectivity index (χ1n) is 6.49. The van der Waals surface area contributed by atoms with Gasteiger partial charge in [-0.05, 0) is 11.6 Å². The molecule has 22 heavy (non-hydrogen) atoms. The number of alkyl carbamates (subject to hydrolysis) is 1. The van der Waals surface area contributed by atoms with Crippen molar-refractivity contribution in [2.75, 3.05) is 12.3 Å². The molecule has 0 aliphatic heterocycles. The molecule has 0 atom stereocenters. The Labute approximate surface area is 127 Å². The molecule has 6 heteroatoms. The molecule has 0 saturated heterocycles. The quantitative estimate of drug-likeness (QED) is 0.672. The van der Waals surface area contributed by atoms with Gasteiger partial charge in [-0.3, -0.25) is 0 Å². The van der Waals surface area contributed by atoms with Gasteiger partial charge in [-0.2, -0.15) is 4.39 Å². The van der Waals surface area contributed by atoms with Gasteiger partial charge in [0.25, 0.3) is 0 Å². The number of hydrogen-bond donors (Lipinski definition) is 2. The van der Waals surface area contributed by atoms with E-state index in [-0.39, 0.29) is 18.8 Å². The number of hydrogen-bond acceptors (Lipinski definition) is 4. The second kappa shape index (κ2) is 7.64. The van der Waals surface area contributed by atoms with Crippen LogP contribution in [0.25, 0.3) is 0 Å². The Balaban J connectivity index is 1.75. The lowest BCUT2D eigenvalue weighted by Crippen LogP contribution is -2.24. The van der Waals surface area contributed by atoms with Crippen LogP contribution in [0.2, 0.25) is 0 Å². The molecule has 1 heterocycles. The number of nitrogens with two attached hydrogens (primary N) is 1. The molecule has 5 nitrogen and oxygen atoms in total. The second-order valence-corrected chi connectivity index (χ2v) is 4.32. The Hall–Kier alpha value is -3.07. The molecule has 0 aliphatic rings. The average molecular weight is 299 g/mol. The zero-order valence-corrected chi connectivity index (χ0v) is 11.7. The Morgan fingerprint density at radius 3 is 2.86 bits per heavy atom. The lowest BCUT2D eigenvalue weighted by Gasteiger charge is -2.04. The summed E-state index contributed by atoms with van der Waals surface area (Å²) in [5.74, 6) is 4.68. The van der Waals surface area contributed by atoms with Crippen LogP contribution in [0.5, 0.6) is 0 Å². The highest BCUT2D eigenvalue weighted by Crippen LogP contribution is 2.07. The predicted molar refractivity (Wildman–Crippen MR) is 80.1 cm³/mol. The molecule has 2 rings (SSSR count). The van der Waals surface area contributed by atoms with E-state index in [0.29, 0.717) is 5.56 Å². The van der Waals surface area contributed by atoms with E-state index >= 15 is 0 Å². The number of nitrogen functional groups attached to an aromatic ring is 1. The van der Waals surface area contributed by atoms with Gasteiger partial charge < -0.3 is 15.8 Å². The summed E-state index contributed by atoms with van der Waals surface area (Å²) in [5, 5.41) is 2.49. The molecule has 0 unspecified atom stereocenters. The van der Waals surface area contributed by atoms with Crippen LogP contribution in [0.3, 0.4) is 0 Å². The van der Waals surface area contributed by atoms with Gasteiger partial charge in [0.2, 0.25) is 5.95 Å². The van der Waals surface area contributed by atoms with Crippen molar-refractivity contribution in [1.29, 1.82) is 0 Å². The third-order valence-corrected chi connectivity index (χ3v) is 2.63. The number of nitrogens with zero attached hydrogens (tertiary/aromatic N) is 1. The SMILES string of the molecule is Nc1cc(C#CCNC(=O)OCc2ccccc2)cnc1F. The summed E-state index contributed by atoms with van der Waals surface area (Å²) in [5.41, 5.74) is 6.68. The molecule has 1 aromatic carbocycles. The van der Waals surface area contributed by atoms with Gasteiger partial charge in [0.1, 0.15) is 6.61 Å². The van der Waals surface area contributed by atoms with E-state index in [9.17, 15) is 9.18 Å². The maximum Gasteiger partial charge on any atom is 0.408 e. The first-order chi connectivity index (χ1) is 10.6. The summed E-state index contributed by atoms with van der Waals surface area (Å²) >= 11 is 0. The summed E-state index contributed by atoms with van der Waals surface area (Å²) in [6.07, 6.45) is 0.710. The van der Waals surface area contributed by atoms with Crippen LogP contribution >= 0.6 is 0 Å². The van der Waals surface area contributed by atoms with Gasteiger partial charge in [-0.1, -0.05) is 42.2 Å². The number of pyridine rings is 1. The molecule has 0 radical (unpaired) electrons. The largest absolute Gasteiger partial charge is 0.445 e. The maximum absolute atomic E-state index is 12.9. The highest BCUT2D eigenvalue weighted by atomic mass is 19.1. The zero-order chi connectivity index (χ0) is 15.8. The van der Waals surface area contributed by atoms with Crippen LogP contribution in [-0.4, -0.2) is 17.6 Å². The van der Waals surface area contributed by atoms with Gasteiger partial charge >= 0.3 is 6.09 Å². The molecular formula is C16H14FN3O2. The van der Waals surface area contributed by atoms with E-state index in [0.717, 1.165) is 5.56 Å². The molecule has 112 valence electrons. The molecule has 1 amide bonds. The highest BCUT2D eigenvalue weighted by Gasteiger charge is 2.01. The molecule has 1 aromatic heterocycles. The van der Waals surface area contributed by atoms with Crippen LogP contribution in [0.15, 0.2) is 42.6 Å². The molecule has 0 saturated carbocycles. The Morgan fingerprint density at radius 2 is 2.14 bits per heavy atom. The summed E-state index contributed by atoms with van der Waals surface area (Å²) < 4.78 is 17.9. The standard InChI is InChI=1S/C16H14FN3O2/c17-15-14(18)9-13(10-20-15)7-4-8-19-16(21)22-11-12-5-2-1-3-6-12/h1-3,5-6,9-10H,8,11,18H2,(H,19,21). The van der Waals surface area contributed by atoms with Crippen molar-refractivity contribution >= 4 is 11.8 Å². The predicted octanol–water partition coefficient (Wildman–Crippen LogP) is 2.08. The van der Waals surface area contributed by atoms with Crippen LogP contribution < -0.4 is 11.1 Å². The normalized spacial score (nSPS) is 9.50. The number of carbonyl (C=O) groups excluding carboxylic acids is 1. The number of carbonyl (C=O) groups is 1. The van der Waals surface area contributed by atoms with Crippen molar-refractivity contribution in [2.45, 2.75) is 6.61 Å². The molecule has 0 fully saturated rings. The first kappa shape index (κ1) is 15.3. The number of rotatable bonds is 3. The van der Waals surface area contributed by atoms with Crippen LogP contribution in [-0.2, 0) is 11.3 Å². The number of benzene rings is 1. The third-order valence-electron chi connectivity index (χ3n) is 2.63. The first-order valence-corrected chi connectivity index (χ1v) is 6.49. The molecule has 0 aliphatic carbocycles. The minimum atomic E-state index is -0.729. The van der Waals surface area contributed by atoms with E-state index in [1.807, 2.05) is 30.3 Å². The fourth-order valence-corrected chi connectivity index (χ4v) is 1.57. The van der Waals surface area contributed by atoms with E-state index in [4.69, 9.17) is 10.5 Å². The number of nitrogens with one attached hydrogen (secondary N) is 1. The minimum Gasteiger partial charge on any atom is -0.445 e. The number of anilines is 1. The van der Waals surface area contributed by atoms with Crippen molar-refractivity contribution in [3.8, 4) is 11.8 Å². The lowest BCUT2D eigenvalue weighted by atomic mass is 10.2. The van der Waals surface area contributed by atoms with Crippen molar-refractivity contribution < 1.29 is 13.9 Å². The van der Waals surface area contributed by atoms with E-state index in [2.05, 4.69) is 22.1 Å². The lowest BCUT2D eigenvalue weighted by molar-refractivity contribution is 0.141. The van der Waals surface area contributed by atoms with Crippen LogP contribution in [0, 0.1) is 17.8 Å².